The number of aliphatic hydroxyl groups excluding tert-OH is 1. The summed E-state index contributed by atoms with van der Waals surface area (Å²) >= 11 is 0. The molecule has 0 radical (unpaired) electrons. The van der Waals surface area contributed by atoms with Crippen LogP contribution in [0.25, 0.3) is 33.7 Å². The Morgan fingerprint density at radius 1 is 1.10 bits per heavy atom. The lowest BCUT2D eigenvalue weighted by atomic mass is 9.92. The maximum atomic E-state index is 12.3. The number of nitrogens with zero attached hydrogens (tertiary/aromatic N) is 6. The van der Waals surface area contributed by atoms with E-state index < -0.39 is 5.91 Å². The lowest BCUT2D eigenvalue weighted by molar-refractivity contribution is 0.100. The zero-order chi connectivity index (χ0) is 27.8. The quantitative estimate of drug-likeness (QED) is 0.276. The maximum Gasteiger partial charge on any atom is 0.250 e. The maximum absolute atomic E-state index is 12.3. The average molecular weight is 537 g/mol. The highest BCUT2D eigenvalue weighted by molar-refractivity contribution is 5.99. The fourth-order valence-electron chi connectivity index (χ4n) is 5.41. The van der Waals surface area contributed by atoms with E-state index in [1.165, 1.54) is 0 Å². The van der Waals surface area contributed by atoms with Crippen LogP contribution in [0.4, 0.5) is 5.69 Å². The summed E-state index contributed by atoms with van der Waals surface area (Å²) in [5, 5.41) is 19.4. The fraction of sp³-hybridized carbons (Fsp3) is 0.300. The molecule has 1 fully saturated rings. The van der Waals surface area contributed by atoms with Crippen LogP contribution in [0.15, 0.2) is 67.5 Å². The Morgan fingerprint density at radius 2 is 1.93 bits per heavy atom. The van der Waals surface area contributed by atoms with Crippen LogP contribution in [0.2, 0.25) is 0 Å². The van der Waals surface area contributed by atoms with Crippen LogP contribution in [-0.2, 0) is 0 Å². The molecule has 0 spiro atoms. The van der Waals surface area contributed by atoms with Gasteiger partial charge in [0.15, 0.2) is 5.65 Å². The second-order valence-electron chi connectivity index (χ2n) is 10.6. The standard InChI is InChI=1S/C30H32N8O2/c1-18(2)28-27-26(37-16-25(34-17-37)19-4-3-12-32-15-19)11-13-33-30(27)38(36-28)21-7-10-23(29(31)40)24(14-21)35-20-5-8-22(39)9-6-20/h3-4,7,10-18,20,22,35,39H,5-6,8-9H2,1-2H3,(H2,31,40). The summed E-state index contributed by atoms with van der Waals surface area (Å²) in [6.07, 6.45) is 11.9. The van der Waals surface area contributed by atoms with Gasteiger partial charge in [0.05, 0.1) is 46.1 Å². The summed E-state index contributed by atoms with van der Waals surface area (Å²) in [6.45, 7) is 4.22. The van der Waals surface area contributed by atoms with Gasteiger partial charge < -0.3 is 20.7 Å². The minimum absolute atomic E-state index is 0.129. The first-order valence-electron chi connectivity index (χ1n) is 13.6. The van der Waals surface area contributed by atoms with Gasteiger partial charge in [-0.05, 0) is 68.0 Å². The summed E-state index contributed by atoms with van der Waals surface area (Å²) in [7, 11) is 0. The molecule has 1 aliphatic rings. The molecule has 1 saturated carbocycles. The van der Waals surface area contributed by atoms with Crippen molar-refractivity contribution in [3.8, 4) is 22.6 Å². The number of aromatic nitrogens is 6. The lowest BCUT2D eigenvalue weighted by Gasteiger charge is -2.27. The van der Waals surface area contributed by atoms with Crippen molar-refractivity contribution in [3.63, 3.8) is 0 Å². The molecule has 0 saturated heterocycles. The molecule has 1 amide bonds. The summed E-state index contributed by atoms with van der Waals surface area (Å²) < 4.78 is 3.82. The Kier molecular flexibility index (Phi) is 6.77. The Hall–Kier alpha value is -4.57. The van der Waals surface area contributed by atoms with Crippen molar-refractivity contribution in [2.45, 2.75) is 57.6 Å². The van der Waals surface area contributed by atoms with E-state index in [0.29, 0.717) is 16.9 Å². The van der Waals surface area contributed by atoms with Gasteiger partial charge in [0, 0.05) is 42.1 Å². The lowest BCUT2D eigenvalue weighted by Crippen LogP contribution is -2.29. The van der Waals surface area contributed by atoms with Crippen LogP contribution >= 0.6 is 0 Å². The van der Waals surface area contributed by atoms with Crippen molar-refractivity contribution >= 4 is 22.6 Å². The summed E-state index contributed by atoms with van der Waals surface area (Å²) in [6, 6.07) is 11.5. The molecule has 0 atom stereocenters. The Balaban J connectivity index is 1.44. The Morgan fingerprint density at radius 3 is 2.65 bits per heavy atom. The van der Waals surface area contributed by atoms with Crippen molar-refractivity contribution in [2.24, 2.45) is 5.73 Å². The van der Waals surface area contributed by atoms with E-state index in [1.807, 2.05) is 45.8 Å². The molecular formula is C30H32N8O2. The number of anilines is 1. The molecule has 1 aliphatic carbocycles. The number of imidazole rings is 1. The molecule has 204 valence electrons. The number of hydrogen-bond acceptors (Lipinski definition) is 7. The van der Waals surface area contributed by atoms with E-state index in [1.54, 1.807) is 31.0 Å². The van der Waals surface area contributed by atoms with E-state index in [-0.39, 0.29) is 18.1 Å². The van der Waals surface area contributed by atoms with Gasteiger partial charge in [-0.2, -0.15) is 5.10 Å². The normalized spacial score (nSPS) is 17.4. The van der Waals surface area contributed by atoms with Crippen molar-refractivity contribution in [3.05, 3.63) is 78.8 Å². The van der Waals surface area contributed by atoms with Crippen molar-refractivity contribution < 1.29 is 9.90 Å². The average Bonchev–Trinajstić information content (AvgIpc) is 3.61. The van der Waals surface area contributed by atoms with Crippen LogP contribution in [0.1, 0.15) is 61.5 Å². The van der Waals surface area contributed by atoms with Crippen LogP contribution in [0.5, 0.6) is 0 Å². The van der Waals surface area contributed by atoms with Crippen LogP contribution in [0, 0.1) is 0 Å². The highest BCUT2D eigenvalue weighted by Gasteiger charge is 2.23. The van der Waals surface area contributed by atoms with Crippen LogP contribution < -0.4 is 11.1 Å². The fourth-order valence-corrected chi connectivity index (χ4v) is 5.41. The molecule has 4 N–H and O–H groups in total. The van der Waals surface area contributed by atoms with Crippen LogP contribution in [-0.4, -0.2) is 52.5 Å². The van der Waals surface area contributed by atoms with Gasteiger partial charge in [-0.3, -0.25) is 9.78 Å². The molecule has 4 heterocycles. The molecule has 0 bridgehead atoms. The van der Waals surface area contributed by atoms with E-state index in [0.717, 1.165) is 59.4 Å². The highest BCUT2D eigenvalue weighted by atomic mass is 16.3. The highest BCUT2D eigenvalue weighted by Crippen LogP contribution is 2.33. The Labute approximate surface area is 231 Å². The first-order valence-corrected chi connectivity index (χ1v) is 13.6. The second kappa shape index (κ2) is 10.5. The topological polar surface area (TPSA) is 137 Å². The number of aliphatic hydroxyl groups is 1. The molecule has 0 aliphatic heterocycles. The number of fused-ring (bicyclic) bond motifs is 1. The van der Waals surface area contributed by atoms with Gasteiger partial charge in [0.2, 0.25) is 0 Å². The zero-order valence-corrected chi connectivity index (χ0v) is 22.5. The number of carbonyl (C=O) groups is 1. The molecule has 40 heavy (non-hydrogen) atoms. The van der Waals surface area contributed by atoms with Gasteiger partial charge in [-0.25, -0.2) is 14.6 Å². The molecule has 4 aromatic heterocycles. The number of hydrogen-bond donors (Lipinski definition) is 3. The molecule has 10 nitrogen and oxygen atoms in total. The van der Waals surface area contributed by atoms with E-state index in [2.05, 4.69) is 29.1 Å². The first kappa shape index (κ1) is 25.7. The number of pyridine rings is 2. The molecule has 1 aromatic carbocycles. The van der Waals surface area contributed by atoms with E-state index >= 15 is 0 Å². The van der Waals surface area contributed by atoms with Crippen molar-refractivity contribution in [2.75, 3.05) is 5.32 Å². The third-order valence-electron chi connectivity index (χ3n) is 7.51. The number of primary amides is 1. The van der Waals surface area contributed by atoms with Gasteiger partial charge in [-0.15, -0.1) is 0 Å². The summed E-state index contributed by atoms with van der Waals surface area (Å²) in [5.74, 6) is -0.368. The number of nitrogens with two attached hydrogens (primary N) is 1. The van der Waals surface area contributed by atoms with E-state index in [9.17, 15) is 9.90 Å². The molecular weight excluding hydrogens is 504 g/mol. The molecule has 0 unspecified atom stereocenters. The minimum atomic E-state index is -0.497. The van der Waals surface area contributed by atoms with Crippen molar-refractivity contribution in [1.82, 2.24) is 29.3 Å². The number of carbonyl (C=O) groups excluding carboxylic acids is 1. The van der Waals surface area contributed by atoms with Gasteiger partial charge in [0.1, 0.15) is 0 Å². The van der Waals surface area contributed by atoms with Gasteiger partial charge in [0.25, 0.3) is 5.91 Å². The molecule has 10 heteroatoms. The third kappa shape index (κ3) is 4.82. The third-order valence-corrected chi connectivity index (χ3v) is 7.51. The van der Waals surface area contributed by atoms with Crippen molar-refractivity contribution in [1.29, 1.82) is 0 Å². The number of benzene rings is 1. The SMILES string of the molecule is CC(C)c1nn(-c2ccc(C(N)=O)c(NC3CCC(O)CC3)c2)c2nccc(-n3cnc(-c4cccnc4)c3)c12. The smallest absolute Gasteiger partial charge is 0.250 e. The number of nitrogens with one attached hydrogen (secondary N) is 1. The summed E-state index contributed by atoms with van der Waals surface area (Å²) in [4.78, 5) is 25.8. The minimum Gasteiger partial charge on any atom is -0.393 e. The number of amides is 1. The monoisotopic (exact) mass is 536 g/mol. The van der Waals surface area contributed by atoms with Gasteiger partial charge >= 0.3 is 0 Å². The Bertz CT molecular complexity index is 1670. The second-order valence-corrected chi connectivity index (χ2v) is 10.6. The van der Waals surface area contributed by atoms with E-state index in [4.69, 9.17) is 15.8 Å². The number of rotatable bonds is 7. The largest absolute Gasteiger partial charge is 0.393 e. The predicted molar refractivity (Wildman–Crippen MR) is 154 cm³/mol. The molecule has 5 aromatic rings. The van der Waals surface area contributed by atoms with Gasteiger partial charge in [-0.1, -0.05) is 13.8 Å². The molecule has 6 rings (SSSR count). The zero-order valence-electron chi connectivity index (χ0n) is 22.5. The predicted octanol–water partition coefficient (Wildman–Crippen LogP) is 4.61. The van der Waals surface area contributed by atoms with Crippen LogP contribution in [0.3, 0.4) is 0 Å². The first-order chi connectivity index (χ1) is 19.4. The summed E-state index contributed by atoms with van der Waals surface area (Å²) in [5.41, 5.74) is 11.9.